The standard InChI is InChI=1S/C11H12N4O2/c1-8-11(7-14(2)13-8)12-9-3-5-10(6-4-9)15(16)17/h3-7,12H,1-2H3. The molecule has 0 radical (unpaired) electrons. The molecule has 0 fully saturated rings. The molecule has 1 heterocycles. The first-order chi connectivity index (χ1) is 8.06. The van der Waals surface area contributed by atoms with Crippen LogP contribution in [-0.2, 0) is 7.05 Å². The molecular formula is C11H12N4O2. The second-order valence-corrected chi connectivity index (χ2v) is 3.73. The van der Waals surface area contributed by atoms with Crippen molar-refractivity contribution in [3.05, 3.63) is 46.3 Å². The highest BCUT2D eigenvalue weighted by Crippen LogP contribution is 2.21. The molecule has 0 unspecified atom stereocenters. The molecule has 1 aromatic carbocycles. The largest absolute Gasteiger partial charge is 0.353 e. The molecule has 0 bridgehead atoms. The summed E-state index contributed by atoms with van der Waals surface area (Å²) in [6.07, 6.45) is 1.86. The zero-order valence-electron chi connectivity index (χ0n) is 9.54. The van der Waals surface area contributed by atoms with Crippen LogP contribution in [0.4, 0.5) is 17.1 Å². The van der Waals surface area contributed by atoms with Crippen molar-refractivity contribution in [2.75, 3.05) is 5.32 Å². The third kappa shape index (κ3) is 2.41. The third-order valence-electron chi connectivity index (χ3n) is 2.37. The van der Waals surface area contributed by atoms with Gasteiger partial charge in [0.1, 0.15) is 0 Å². The second kappa shape index (κ2) is 4.25. The minimum atomic E-state index is -0.418. The molecule has 17 heavy (non-hydrogen) atoms. The van der Waals surface area contributed by atoms with E-state index in [4.69, 9.17) is 0 Å². The summed E-state index contributed by atoms with van der Waals surface area (Å²) < 4.78 is 1.71. The number of non-ortho nitro benzene ring substituents is 1. The fraction of sp³-hybridized carbons (Fsp3) is 0.182. The van der Waals surface area contributed by atoms with Crippen molar-refractivity contribution in [1.82, 2.24) is 9.78 Å². The van der Waals surface area contributed by atoms with Gasteiger partial charge in [-0.15, -0.1) is 0 Å². The Labute approximate surface area is 98.0 Å². The number of benzene rings is 1. The highest BCUT2D eigenvalue weighted by molar-refractivity contribution is 5.62. The third-order valence-corrected chi connectivity index (χ3v) is 2.37. The first-order valence-electron chi connectivity index (χ1n) is 5.08. The molecule has 88 valence electrons. The van der Waals surface area contributed by atoms with Crippen LogP contribution in [0.15, 0.2) is 30.5 Å². The Morgan fingerprint density at radius 2 is 2.00 bits per heavy atom. The smallest absolute Gasteiger partial charge is 0.269 e. The van der Waals surface area contributed by atoms with Crippen LogP contribution < -0.4 is 5.32 Å². The zero-order chi connectivity index (χ0) is 12.4. The fourth-order valence-electron chi connectivity index (χ4n) is 1.54. The van der Waals surface area contributed by atoms with Crippen LogP contribution in [0.3, 0.4) is 0 Å². The van der Waals surface area contributed by atoms with E-state index in [2.05, 4.69) is 10.4 Å². The van der Waals surface area contributed by atoms with E-state index < -0.39 is 4.92 Å². The number of aryl methyl sites for hydroxylation is 2. The molecule has 0 spiro atoms. The molecule has 1 aromatic heterocycles. The van der Waals surface area contributed by atoms with Crippen LogP contribution in [0.25, 0.3) is 0 Å². The van der Waals surface area contributed by atoms with Crippen molar-refractivity contribution >= 4 is 17.1 Å². The summed E-state index contributed by atoms with van der Waals surface area (Å²) in [5.41, 5.74) is 2.65. The van der Waals surface area contributed by atoms with E-state index in [1.807, 2.05) is 20.2 Å². The Kier molecular flexibility index (Phi) is 2.78. The van der Waals surface area contributed by atoms with Crippen molar-refractivity contribution in [3.8, 4) is 0 Å². The van der Waals surface area contributed by atoms with Crippen LogP contribution in [0.5, 0.6) is 0 Å². The summed E-state index contributed by atoms with van der Waals surface area (Å²) in [5, 5.41) is 17.9. The predicted molar refractivity (Wildman–Crippen MR) is 64.3 cm³/mol. The topological polar surface area (TPSA) is 73.0 Å². The zero-order valence-corrected chi connectivity index (χ0v) is 9.54. The summed E-state index contributed by atoms with van der Waals surface area (Å²) in [7, 11) is 1.84. The van der Waals surface area contributed by atoms with Gasteiger partial charge in [0.15, 0.2) is 0 Å². The van der Waals surface area contributed by atoms with E-state index in [1.54, 1.807) is 16.8 Å². The molecule has 0 aliphatic carbocycles. The van der Waals surface area contributed by atoms with Gasteiger partial charge >= 0.3 is 0 Å². The molecule has 0 aliphatic heterocycles. The lowest BCUT2D eigenvalue weighted by Crippen LogP contribution is -1.92. The van der Waals surface area contributed by atoms with Gasteiger partial charge in [0.05, 0.1) is 16.3 Å². The number of aromatic nitrogens is 2. The van der Waals surface area contributed by atoms with Crippen molar-refractivity contribution in [2.45, 2.75) is 6.92 Å². The van der Waals surface area contributed by atoms with E-state index in [-0.39, 0.29) is 5.69 Å². The number of nitrogens with one attached hydrogen (secondary N) is 1. The normalized spacial score (nSPS) is 10.2. The molecule has 0 atom stereocenters. The molecule has 0 aliphatic rings. The number of nitro benzene ring substituents is 1. The van der Waals surface area contributed by atoms with E-state index in [1.165, 1.54) is 12.1 Å². The number of rotatable bonds is 3. The van der Waals surface area contributed by atoms with Crippen LogP contribution in [0, 0.1) is 17.0 Å². The summed E-state index contributed by atoms with van der Waals surface area (Å²) in [6, 6.07) is 6.28. The quantitative estimate of drug-likeness (QED) is 0.651. The average Bonchev–Trinajstić information content (AvgIpc) is 2.58. The van der Waals surface area contributed by atoms with Crippen LogP contribution in [-0.4, -0.2) is 14.7 Å². The van der Waals surface area contributed by atoms with E-state index >= 15 is 0 Å². The van der Waals surface area contributed by atoms with Gasteiger partial charge in [-0.2, -0.15) is 5.10 Å². The Morgan fingerprint density at radius 3 is 2.47 bits per heavy atom. The highest BCUT2D eigenvalue weighted by Gasteiger charge is 2.06. The second-order valence-electron chi connectivity index (χ2n) is 3.73. The minimum absolute atomic E-state index is 0.0819. The summed E-state index contributed by atoms with van der Waals surface area (Å²) >= 11 is 0. The van der Waals surface area contributed by atoms with Gasteiger partial charge < -0.3 is 5.32 Å². The summed E-state index contributed by atoms with van der Waals surface area (Å²) in [6.45, 7) is 1.90. The molecule has 6 heteroatoms. The monoisotopic (exact) mass is 232 g/mol. The lowest BCUT2D eigenvalue weighted by molar-refractivity contribution is -0.384. The first-order valence-corrected chi connectivity index (χ1v) is 5.08. The Bertz CT molecular complexity index is 545. The maximum atomic E-state index is 10.5. The van der Waals surface area contributed by atoms with Crippen molar-refractivity contribution < 1.29 is 4.92 Å². The van der Waals surface area contributed by atoms with E-state index in [0.29, 0.717) is 0 Å². The van der Waals surface area contributed by atoms with Crippen LogP contribution >= 0.6 is 0 Å². The van der Waals surface area contributed by atoms with Crippen LogP contribution in [0.1, 0.15) is 5.69 Å². The molecule has 2 aromatic rings. The number of hydrogen-bond donors (Lipinski definition) is 1. The predicted octanol–water partition coefficient (Wildman–Crippen LogP) is 2.38. The summed E-state index contributed by atoms with van der Waals surface area (Å²) in [4.78, 5) is 10.1. The Hall–Kier alpha value is -2.37. The highest BCUT2D eigenvalue weighted by atomic mass is 16.6. The number of nitrogens with zero attached hydrogens (tertiary/aromatic N) is 3. The van der Waals surface area contributed by atoms with Crippen molar-refractivity contribution in [3.63, 3.8) is 0 Å². The van der Waals surface area contributed by atoms with Crippen molar-refractivity contribution in [1.29, 1.82) is 0 Å². The van der Waals surface area contributed by atoms with E-state index in [9.17, 15) is 10.1 Å². The summed E-state index contributed by atoms with van der Waals surface area (Å²) in [5.74, 6) is 0. The van der Waals surface area contributed by atoms with Gasteiger partial charge in [-0.05, 0) is 19.1 Å². The van der Waals surface area contributed by atoms with E-state index in [0.717, 1.165) is 17.1 Å². The molecule has 0 saturated carbocycles. The lowest BCUT2D eigenvalue weighted by atomic mass is 10.2. The number of nitro groups is 1. The minimum Gasteiger partial charge on any atom is -0.353 e. The number of hydrogen-bond acceptors (Lipinski definition) is 4. The fourth-order valence-corrected chi connectivity index (χ4v) is 1.54. The molecule has 2 rings (SSSR count). The Morgan fingerprint density at radius 1 is 1.35 bits per heavy atom. The lowest BCUT2D eigenvalue weighted by Gasteiger charge is -2.03. The SMILES string of the molecule is Cc1nn(C)cc1Nc1ccc([N+](=O)[O-])cc1. The average molecular weight is 232 g/mol. The Balaban J connectivity index is 2.19. The van der Waals surface area contributed by atoms with Crippen molar-refractivity contribution in [2.24, 2.45) is 7.05 Å². The van der Waals surface area contributed by atoms with Gasteiger partial charge in [-0.3, -0.25) is 14.8 Å². The maximum absolute atomic E-state index is 10.5. The molecule has 6 nitrogen and oxygen atoms in total. The van der Waals surface area contributed by atoms with Gasteiger partial charge in [0.2, 0.25) is 0 Å². The number of anilines is 2. The maximum Gasteiger partial charge on any atom is 0.269 e. The molecule has 0 saturated heterocycles. The molecular weight excluding hydrogens is 220 g/mol. The van der Waals surface area contributed by atoms with Gasteiger partial charge in [0, 0.05) is 31.1 Å². The van der Waals surface area contributed by atoms with Gasteiger partial charge in [-0.25, -0.2) is 0 Å². The van der Waals surface area contributed by atoms with Gasteiger partial charge in [0.25, 0.3) is 5.69 Å². The van der Waals surface area contributed by atoms with Crippen LogP contribution in [0.2, 0.25) is 0 Å². The molecule has 1 N–H and O–H groups in total. The first kappa shape index (κ1) is 11.1. The van der Waals surface area contributed by atoms with Gasteiger partial charge in [-0.1, -0.05) is 0 Å². The molecule has 0 amide bonds.